The first-order valence-corrected chi connectivity index (χ1v) is 6.89. The maximum absolute atomic E-state index is 10.0. The molecule has 6 heteroatoms. The molecule has 0 spiro atoms. The lowest BCUT2D eigenvalue weighted by atomic mass is 10.3. The number of aryl methyl sites for hydroxylation is 2. The Morgan fingerprint density at radius 2 is 2.19 bits per heavy atom. The Labute approximate surface area is 124 Å². The molecule has 0 aromatic carbocycles. The van der Waals surface area contributed by atoms with Crippen LogP contribution in [0.5, 0.6) is 0 Å². The van der Waals surface area contributed by atoms with Crippen LogP contribution in [0.25, 0.3) is 0 Å². The molecule has 0 aliphatic rings. The van der Waals surface area contributed by atoms with Crippen LogP contribution >= 0.6 is 0 Å². The molecule has 0 aliphatic carbocycles. The normalized spacial score (nSPS) is 13.2. The third kappa shape index (κ3) is 4.13. The minimum atomic E-state index is -0.702. The quantitative estimate of drug-likeness (QED) is 0.573. The minimum absolute atomic E-state index is 0.333. The summed E-state index contributed by atoms with van der Waals surface area (Å²) in [5.41, 5.74) is 1.15. The first kappa shape index (κ1) is 15.2. The summed E-state index contributed by atoms with van der Waals surface area (Å²) < 4.78 is 7.43. The van der Waals surface area contributed by atoms with Gasteiger partial charge in [0.2, 0.25) is 0 Å². The number of hydrogen-bond acceptors (Lipinski definition) is 3. The molecule has 2 rings (SSSR count). The number of aliphatic imine (C=N–C) groups is 1. The van der Waals surface area contributed by atoms with Crippen molar-refractivity contribution in [2.75, 3.05) is 13.6 Å². The summed E-state index contributed by atoms with van der Waals surface area (Å²) in [5.74, 6) is 1.98. The molecule has 21 heavy (non-hydrogen) atoms. The molecule has 0 aliphatic heterocycles. The van der Waals surface area contributed by atoms with Gasteiger partial charge in [-0.05, 0) is 31.2 Å². The highest BCUT2D eigenvalue weighted by atomic mass is 16.4. The zero-order chi connectivity index (χ0) is 15.2. The van der Waals surface area contributed by atoms with Crippen molar-refractivity contribution in [2.24, 2.45) is 12.0 Å². The third-order valence-electron chi connectivity index (χ3n) is 3.26. The standard InChI is InChI=1S/C15H22N4O2/c1-11-6-7-14(21-11)13(20)10-18-15(16-2)17-9-12-5-4-8-19(12)3/h4-8,13,20H,9-10H2,1-3H3,(H2,16,17,18). The zero-order valence-corrected chi connectivity index (χ0v) is 12.6. The first-order chi connectivity index (χ1) is 10.1. The van der Waals surface area contributed by atoms with Gasteiger partial charge in [-0.15, -0.1) is 0 Å². The number of aliphatic hydroxyl groups is 1. The van der Waals surface area contributed by atoms with Gasteiger partial charge in [0.15, 0.2) is 5.96 Å². The summed E-state index contributed by atoms with van der Waals surface area (Å²) >= 11 is 0. The Bertz CT molecular complexity index is 600. The Hall–Kier alpha value is -2.21. The Kier molecular flexibility index (Phi) is 5.05. The van der Waals surface area contributed by atoms with Crippen LogP contribution in [0.2, 0.25) is 0 Å². The fourth-order valence-electron chi connectivity index (χ4n) is 2.00. The first-order valence-electron chi connectivity index (χ1n) is 6.89. The molecule has 0 fully saturated rings. The molecule has 2 heterocycles. The molecule has 0 radical (unpaired) electrons. The molecule has 0 amide bonds. The Morgan fingerprint density at radius 3 is 2.76 bits per heavy atom. The molecular weight excluding hydrogens is 268 g/mol. The number of aliphatic hydroxyl groups excluding tert-OH is 1. The summed E-state index contributed by atoms with van der Waals surface area (Å²) in [6.07, 6.45) is 1.29. The van der Waals surface area contributed by atoms with Crippen molar-refractivity contribution < 1.29 is 9.52 Å². The van der Waals surface area contributed by atoms with E-state index in [4.69, 9.17) is 4.42 Å². The zero-order valence-electron chi connectivity index (χ0n) is 12.6. The maximum Gasteiger partial charge on any atom is 0.191 e. The lowest BCUT2D eigenvalue weighted by molar-refractivity contribution is 0.151. The SMILES string of the molecule is CN=C(NCc1cccn1C)NCC(O)c1ccc(C)o1. The van der Waals surface area contributed by atoms with Crippen molar-refractivity contribution in [1.29, 1.82) is 0 Å². The van der Waals surface area contributed by atoms with Crippen molar-refractivity contribution in [3.8, 4) is 0 Å². The van der Waals surface area contributed by atoms with Gasteiger partial charge in [-0.3, -0.25) is 4.99 Å². The van der Waals surface area contributed by atoms with Crippen molar-refractivity contribution >= 4 is 5.96 Å². The van der Waals surface area contributed by atoms with E-state index >= 15 is 0 Å². The van der Waals surface area contributed by atoms with E-state index < -0.39 is 6.10 Å². The van der Waals surface area contributed by atoms with Crippen LogP contribution in [0.1, 0.15) is 23.3 Å². The van der Waals surface area contributed by atoms with Gasteiger partial charge < -0.3 is 24.7 Å². The minimum Gasteiger partial charge on any atom is -0.464 e. The molecule has 2 aromatic rings. The van der Waals surface area contributed by atoms with Gasteiger partial charge in [-0.25, -0.2) is 0 Å². The second-order valence-electron chi connectivity index (χ2n) is 4.88. The average molecular weight is 290 g/mol. The Morgan fingerprint density at radius 1 is 1.38 bits per heavy atom. The van der Waals surface area contributed by atoms with Gasteiger partial charge in [0.05, 0.1) is 13.1 Å². The molecule has 0 saturated carbocycles. The largest absolute Gasteiger partial charge is 0.464 e. The molecule has 1 atom stereocenters. The van der Waals surface area contributed by atoms with Crippen LogP contribution < -0.4 is 10.6 Å². The molecule has 114 valence electrons. The molecule has 0 bridgehead atoms. The highest BCUT2D eigenvalue weighted by molar-refractivity contribution is 5.79. The van der Waals surface area contributed by atoms with Gasteiger partial charge in [0, 0.05) is 26.0 Å². The number of aromatic nitrogens is 1. The highest BCUT2D eigenvalue weighted by Crippen LogP contribution is 2.14. The van der Waals surface area contributed by atoms with E-state index in [1.165, 1.54) is 0 Å². The lowest BCUT2D eigenvalue weighted by Crippen LogP contribution is -2.39. The summed E-state index contributed by atoms with van der Waals surface area (Å²) in [6.45, 7) is 2.85. The number of furan rings is 1. The van der Waals surface area contributed by atoms with Crippen LogP contribution in [0, 0.1) is 6.92 Å². The van der Waals surface area contributed by atoms with E-state index in [-0.39, 0.29) is 0 Å². The lowest BCUT2D eigenvalue weighted by Gasteiger charge is -2.14. The van der Waals surface area contributed by atoms with Crippen molar-refractivity contribution in [3.63, 3.8) is 0 Å². The van der Waals surface area contributed by atoms with Crippen molar-refractivity contribution in [1.82, 2.24) is 15.2 Å². The smallest absolute Gasteiger partial charge is 0.191 e. The third-order valence-corrected chi connectivity index (χ3v) is 3.26. The van der Waals surface area contributed by atoms with E-state index in [9.17, 15) is 5.11 Å². The molecular formula is C15H22N4O2. The molecule has 0 saturated heterocycles. The van der Waals surface area contributed by atoms with Gasteiger partial charge in [-0.1, -0.05) is 0 Å². The van der Waals surface area contributed by atoms with Gasteiger partial charge in [0.25, 0.3) is 0 Å². The Balaban J connectivity index is 1.81. The van der Waals surface area contributed by atoms with Crippen LogP contribution in [-0.2, 0) is 13.6 Å². The number of rotatable bonds is 5. The van der Waals surface area contributed by atoms with E-state index in [1.54, 1.807) is 13.1 Å². The maximum atomic E-state index is 10.0. The second kappa shape index (κ2) is 6.99. The molecule has 3 N–H and O–H groups in total. The fraction of sp³-hybridized carbons (Fsp3) is 0.400. The van der Waals surface area contributed by atoms with Crippen molar-refractivity contribution in [2.45, 2.75) is 19.6 Å². The highest BCUT2D eigenvalue weighted by Gasteiger charge is 2.12. The van der Waals surface area contributed by atoms with Crippen molar-refractivity contribution in [3.05, 3.63) is 47.7 Å². The second-order valence-corrected chi connectivity index (χ2v) is 4.88. The summed E-state index contributed by atoms with van der Waals surface area (Å²) in [5, 5.41) is 16.3. The van der Waals surface area contributed by atoms with Crippen LogP contribution in [0.15, 0.2) is 39.9 Å². The monoisotopic (exact) mass is 290 g/mol. The van der Waals surface area contributed by atoms with Gasteiger partial charge >= 0.3 is 0 Å². The number of nitrogens with one attached hydrogen (secondary N) is 2. The predicted octanol–water partition coefficient (Wildman–Crippen LogP) is 1.33. The summed E-state index contributed by atoms with van der Waals surface area (Å²) in [6, 6.07) is 7.65. The van der Waals surface area contributed by atoms with E-state index in [0.717, 1.165) is 11.5 Å². The molecule has 1 unspecified atom stereocenters. The van der Waals surface area contributed by atoms with Crippen LogP contribution in [0.4, 0.5) is 0 Å². The number of guanidine groups is 1. The number of nitrogens with zero attached hydrogens (tertiary/aromatic N) is 2. The fourth-order valence-corrected chi connectivity index (χ4v) is 2.00. The molecule has 6 nitrogen and oxygen atoms in total. The molecule has 2 aromatic heterocycles. The van der Waals surface area contributed by atoms with Crippen LogP contribution in [-0.4, -0.2) is 29.2 Å². The van der Waals surface area contributed by atoms with E-state index in [1.807, 2.05) is 42.9 Å². The predicted molar refractivity (Wildman–Crippen MR) is 82.0 cm³/mol. The van der Waals surface area contributed by atoms with Gasteiger partial charge in [-0.2, -0.15) is 0 Å². The topological polar surface area (TPSA) is 74.7 Å². The summed E-state index contributed by atoms with van der Waals surface area (Å²) in [4.78, 5) is 4.13. The van der Waals surface area contributed by atoms with Crippen LogP contribution in [0.3, 0.4) is 0 Å². The van der Waals surface area contributed by atoms with E-state index in [2.05, 4.69) is 15.6 Å². The van der Waals surface area contributed by atoms with Gasteiger partial charge in [0.1, 0.15) is 17.6 Å². The average Bonchev–Trinajstić information content (AvgIpc) is 3.08. The number of hydrogen-bond donors (Lipinski definition) is 3. The summed E-state index contributed by atoms with van der Waals surface area (Å²) in [7, 11) is 3.69. The van der Waals surface area contributed by atoms with E-state index in [0.29, 0.717) is 24.8 Å².